The summed E-state index contributed by atoms with van der Waals surface area (Å²) in [5, 5.41) is 7.55. The van der Waals surface area contributed by atoms with E-state index in [0.29, 0.717) is 23.0 Å². The second-order valence-electron chi connectivity index (χ2n) is 5.50. The lowest BCUT2D eigenvalue weighted by Crippen LogP contribution is -2.27. The largest absolute Gasteiger partial charge is 0.383 e. The molecule has 0 radical (unpaired) electrons. The smallest absolute Gasteiger partial charge is 0.283 e. The van der Waals surface area contributed by atoms with Crippen molar-refractivity contribution < 1.29 is 4.74 Å². The molecule has 0 aromatic carbocycles. The SMILES string of the molecule is CCCC1(CNc2cnn(CCOC)c(=O)c2Br)CC1. The fraction of sp³-hybridized carbons (Fsp3) is 0.714. The summed E-state index contributed by atoms with van der Waals surface area (Å²) in [6.45, 7) is 4.08. The van der Waals surface area contributed by atoms with Gasteiger partial charge in [0.25, 0.3) is 5.56 Å². The first-order valence-corrected chi connectivity index (χ1v) is 7.89. The third-order valence-electron chi connectivity index (χ3n) is 3.88. The Morgan fingerprint density at radius 3 is 2.90 bits per heavy atom. The molecule has 1 aliphatic rings. The van der Waals surface area contributed by atoms with Crippen LogP contribution in [-0.2, 0) is 11.3 Å². The summed E-state index contributed by atoms with van der Waals surface area (Å²) < 4.78 is 6.93. The number of hydrogen-bond donors (Lipinski definition) is 1. The number of nitrogens with one attached hydrogen (secondary N) is 1. The van der Waals surface area contributed by atoms with E-state index < -0.39 is 0 Å². The Kier molecular flexibility index (Phi) is 5.21. The molecule has 1 aromatic rings. The molecule has 0 unspecified atom stereocenters. The number of ether oxygens (including phenoxy) is 1. The molecule has 0 aliphatic heterocycles. The summed E-state index contributed by atoms with van der Waals surface area (Å²) in [5.74, 6) is 0. The first kappa shape index (κ1) is 15.5. The van der Waals surface area contributed by atoms with Gasteiger partial charge in [-0.25, -0.2) is 4.68 Å². The molecule has 1 N–H and O–H groups in total. The van der Waals surface area contributed by atoms with Gasteiger partial charge in [-0.3, -0.25) is 4.79 Å². The van der Waals surface area contributed by atoms with Crippen LogP contribution in [0.3, 0.4) is 0 Å². The Labute approximate surface area is 127 Å². The molecule has 112 valence electrons. The Hall–Kier alpha value is -0.880. The van der Waals surface area contributed by atoms with Gasteiger partial charge in [-0.2, -0.15) is 5.10 Å². The second kappa shape index (κ2) is 6.72. The van der Waals surface area contributed by atoms with Crippen LogP contribution in [0.25, 0.3) is 0 Å². The van der Waals surface area contributed by atoms with Crippen molar-refractivity contribution in [3.05, 3.63) is 21.0 Å². The first-order chi connectivity index (χ1) is 9.62. The molecule has 20 heavy (non-hydrogen) atoms. The van der Waals surface area contributed by atoms with E-state index in [2.05, 4.69) is 33.3 Å². The van der Waals surface area contributed by atoms with Crippen molar-refractivity contribution in [2.75, 3.05) is 25.6 Å². The topological polar surface area (TPSA) is 56.1 Å². The summed E-state index contributed by atoms with van der Waals surface area (Å²) in [4.78, 5) is 12.1. The molecule has 0 amide bonds. The van der Waals surface area contributed by atoms with Crippen LogP contribution in [0.15, 0.2) is 15.5 Å². The number of methoxy groups -OCH3 is 1. The quantitative estimate of drug-likeness (QED) is 0.788. The van der Waals surface area contributed by atoms with E-state index in [4.69, 9.17) is 4.74 Å². The van der Waals surface area contributed by atoms with Crippen LogP contribution < -0.4 is 10.9 Å². The summed E-state index contributed by atoms with van der Waals surface area (Å²) >= 11 is 3.37. The highest BCUT2D eigenvalue weighted by molar-refractivity contribution is 9.10. The second-order valence-corrected chi connectivity index (χ2v) is 6.29. The molecule has 0 spiro atoms. The summed E-state index contributed by atoms with van der Waals surface area (Å²) in [6.07, 6.45) is 6.73. The molecule has 1 heterocycles. The van der Waals surface area contributed by atoms with Gasteiger partial charge in [-0.05, 0) is 40.6 Å². The predicted molar refractivity (Wildman–Crippen MR) is 83.1 cm³/mol. The van der Waals surface area contributed by atoms with Crippen LogP contribution in [-0.4, -0.2) is 30.0 Å². The van der Waals surface area contributed by atoms with E-state index in [9.17, 15) is 4.79 Å². The van der Waals surface area contributed by atoms with E-state index in [1.807, 2.05) is 0 Å². The fourth-order valence-corrected chi connectivity index (χ4v) is 2.88. The number of aromatic nitrogens is 2. The zero-order valence-corrected chi connectivity index (χ0v) is 13.7. The van der Waals surface area contributed by atoms with Crippen LogP contribution in [0.1, 0.15) is 32.6 Å². The first-order valence-electron chi connectivity index (χ1n) is 7.10. The number of nitrogens with zero attached hydrogens (tertiary/aromatic N) is 2. The molecule has 5 nitrogen and oxygen atoms in total. The molecular formula is C14H22BrN3O2. The number of rotatable bonds is 8. The molecule has 2 rings (SSSR count). The average molecular weight is 344 g/mol. The average Bonchev–Trinajstić information content (AvgIpc) is 3.20. The van der Waals surface area contributed by atoms with E-state index in [-0.39, 0.29) is 5.56 Å². The highest BCUT2D eigenvalue weighted by Crippen LogP contribution is 2.49. The van der Waals surface area contributed by atoms with E-state index in [0.717, 1.165) is 12.2 Å². The minimum Gasteiger partial charge on any atom is -0.383 e. The van der Waals surface area contributed by atoms with Gasteiger partial charge in [0, 0.05) is 13.7 Å². The van der Waals surface area contributed by atoms with Crippen LogP contribution in [0.5, 0.6) is 0 Å². The van der Waals surface area contributed by atoms with E-state index in [1.54, 1.807) is 13.3 Å². The van der Waals surface area contributed by atoms with Gasteiger partial charge in [0.1, 0.15) is 4.47 Å². The molecule has 1 aliphatic carbocycles. The summed E-state index contributed by atoms with van der Waals surface area (Å²) in [6, 6.07) is 0. The highest BCUT2D eigenvalue weighted by Gasteiger charge is 2.41. The minimum absolute atomic E-state index is 0.118. The predicted octanol–water partition coefficient (Wildman–Crippen LogP) is 2.64. The Morgan fingerprint density at radius 1 is 1.55 bits per heavy atom. The zero-order chi connectivity index (χ0) is 14.6. The van der Waals surface area contributed by atoms with Gasteiger partial charge in [-0.1, -0.05) is 13.3 Å². The van der Waals surface area contributed by atoms with Crippen molar-refractivity contribution in [3.63, 3.8) is 0 Å². The van der Waals surface area contributed by atoms with Crippen molar-refractivity contribution in [2.24, 2.45) is 5.41 Å². The zero-order valence-electron chi connectivity index (χ0n) is 12.1. The standard InChI is InChI=1S/C14H22BrN3O2/c1-3-4-14(5-6-14)10-16-11-9-17-18(7-8-20-2)13(19)12(11)15/h9,16H,3-8,10H2,1-2H3. The van der Waals surface area contributed by atoms with Gasteiger partial charge in [-0.15, -0.1) is 0 Å². The molecule has 1 fully saturated rings. The highest BCUT2D eigenvalue weighted by atomic mass is 79.9. The maximum absolute atomic E-state index is 12.1. The summed E-state index contributed by atoms with van der Waals surface area (Å²) in [5.41, 5.74) is 1.11. The Bertz CT molecular complexity index is 512. The number of hydrogen-bond acceptors (Lipinski definition) is 4. The molecule has 1 saturated carbocycles. The van der Waals surface area contributed by atoms with Gasteiger partial charge in [0.2, 0.25) is 0 Å². The van der Waals surface area contributed by atoms with Crippen molar-refractivity contribution in [3.8, 4) is 0 Å². The fourth-order valence-electron chi connectivity index (χ4n) is 2.43. The molecule has 0 saturated heterocycles. The lowest BCUT2D eigenvalue weighted by atomic mass is 10.0. The van der Waals surface area contributed by atoms with Crippen LogP contribution in [0.2, 0.25) is 0 Å². The van der Waals surface area contributed by atoms with Gasteiger partial charge in [0.05, 0.1) is 25.0 Å². The molecule has 0 bridgehead atoms. The number of halogens is 1. The molecule has 6 heteroatoms. The van der Waals surface area contributed by atoms with Crippen LogP contribution in [0, 0.1) is 5.41 Å². The molecule has 0 atom stereocenters. The van der Waals surface area contributed by atoms with Crippen molar-refractivity contribution in [1.82, 2.24) is 9.78 Å². The third kappa shape index (κ3) is 3.61. The van der Waals surface area contributed by atoms with Crippen molar-refractivity contribution in [2.45, 2.75) is 39.2 Å². The Morgan fingerprint density at radius 2 is 2.30 bits per heavy atom. The lowest BCUT2D eigenvalue weighted by molar-refractivity contribution is 0.181. The van der Waals surface area contributed by atoms with Gasteiger partial charge >= 0.3 is 0 Å². The lowest BCUT2D eigenvalue weighted by Gasteiger charge is -2.16. The van der Waals surface area contributed by atoms with E-state index in [1.165, 1.54) is 30.4 Å². The van der Waals surface area contributed by atoms with Gasteiger partial charge < -0.3 is 10.1 Å². The van der Waals surface area contributed by atoms with Crippen molar-refractivity contribution in [1.29, 1.82) is 0 Å². The van der Waals surface area contributed by atoms with E-state index >= 15 is 0 Å². The monoisotopic (exact) mass is 343 g/mol. The molecular weight excluding hydrogens is 322 g/mol. The maximum Gasteiger partial charge on any atom is 0.283 e. The number of anilines is 1. The van der Waals surface area contributed by atoms with Gasteiger partial charge in [0.15, 0.2) is 0 Å². The third-order valence-corrected chi connectivity index (χ3v) is 4.65. The van der Waals surface area contributed by atoms with Crippen LogP contribution >= 0.6 is 15.9 Å². The minimum atomic E-state index is -0.118. The van der Waals surface area contributed by atoms with Crippen molar-refractivity contribution >= 4 is 21.6 Å². The Balaban J connectivity index is 2.02. The maximum atomic E-state index is 12.1. The summed E-state index contributed by atoms with van der Waals surface area (Å²) in [7, 11) is 1.61. The molecule has 1 aromatic heterocycles. The normalized spacial score (nSPS) is 16.1. The van der Waals surface area contributed by atoms with Crippen LogP contribution in [0.4, 0.5) is 5.69 Å².